The first-order valence-electron chi connectivity index (χ1n) is 8.59. The van der Waals surface area contributed by atoms with Crippen LogP contribution in [-0.4, -0.2) is 35.6 Å². The standard InChI is InChI=1S/C18H23N5O2/c1-2-25-14-8-6-13(7-9-14)21-18-16(17(19)24)20-12-15(22-18)23-10-4-3-5-11-23/h6-9,12H,2-5,10-11H2,1H3,(H2,19,24)(H,21,22). The highest BCUT2D eigenvalue weighted by atomic mass is 16.5. The summed E-state index contributed by atoms with van der Waals surface area (Å²) in [5, 5.41) is 3.15. The maximum absolute atomic E-state index is 11.7. The van der Waals surface area contributed by atoms with E-state index in [0.717, 1.165) is 43.2 Å². The number of rotatable bonds is 6. The van der Waals surface area contributed by atoms with E-state index in [2.05, 4.69) is 20.2 Å². The number of nitrogens with two attached hydrogens (primary N) is 1. The molecule has 0 spiro atoms. The fourth-order valence-corrected chi connectivity index (χ4v) is 2.86. The second-order valence-corrected chi connectivity index (χ2v) is 5.92. The summed E-state index contributed by atoms with van der Waals surface area (Å²) in [6.07, 6.45) is 5.14. The molecule has 0 saturated carbocycles. The number of nitrogens with zero attached hydrogens (tertiary/aromatic N) is 3. The Morgan fingerprint density at radius 2 is 1.96 bits per heavy atom. The summed E-state index contributed by atoms with van der Waals surface area (Å²) >= 11 is 0. The van der Waals surface area contributed by atoms with E-state index in [0.29, 0.717) is 12.4 Å². The van der Waals surface area contributed by atoms with Crippen molar-refractivity contribution in [2.75, 3.05) is 29.9 Å². The average Bonchev–Trinajstić information content (AvgIpc) is 2.64. The fourth-order valence-electron chi connectivity index (χ4n) is 2.86. The number of ether oxygens (including phenoxy) is 1. The van der Waals surface area contributed by atoms with Crippen LogP contribution in [0.5, 0.6) is 5.75 Å². The molecule has 1 fully saturated rings. The molecule has 1 aromatic carbocycles. The molecule has 0 atom stereocenters. The lowest BCUT2D eigenvalue weighted by atomic mass is 10.1. The van der Waals surface area contributed by atoms with Crippen LogP contribution in [0.15, 0.2) is 30.5 Å². The highest BCUT2D eigenvalue weighted by Gasteiger charge is 2.17. The maximum Gasteiger partial charge on any atom is 0.271 e. The Hall–Kier alpha value is -2.83. The van der Waals surface area contributed by atoms with Crippen LogP contribution in [0.2, 0.25) is 0 Å². The highest BCUT2D eigenvalue weighted by Crippen LogP contribution is 2.24. The van der Waals surface area contributed by atoms with Gasteiger partial charge in [0.05, 0.1) is 12.8 Å². The lowest BCUT2D eigenvalue weighted by molar-refractivity contribution is 0.0996. The smallest absolute Gasteiger partial charge is 0.271 e. The molecule has 2 heterocycles. The van der Waals surface area contributed by atoms with E-state index in [1.807, 2.05) is 31.2 Å². The number of piperidine rings is 1. The van der Waals surface area contributed by atoms with Crippen molar-refractivity contribution in [2.24, 2.45) is 5.73 Å². The van der Waals surface area contributed by atoms with E-state index in [1.54, 1.807) is 6.20 Å². The predicted octanol–water partition coefficient (Wildman–Crippen LogP) is 2.71. The van der Waals surface area contributed by atoms with Crippen molar-refractivity contribution in [2.45, 2.75) is 26.2 Å². The van der Waals surface area contributed by atoms with E-state index in [-0.39, 0.29) is 5.69 Å². The fraction of sp³-hybridized carbons (Fsp3) is 0.389. The Morgan fingerprint density at radius 3 is 2.60 bits per heavy atom. The Morgan fingerprint density at radius 1 is 1.24 bits per heavy atom. The van der Waals surface area contributed by atoms with Crippen molar-refractivity contribution in [1.82, 2.24) is 9.97 Å². The summed E-state index contributed by atoms with van der Waals surface area (Å²) in [5.74, 6) is 1.32. The molecule has 0 bridgehead atoms. The van der Waals surface area contributed by atoms with Gasteiger partial charge in [-0.1, -0.05) is 0 Å². The van der Waals surface area contributed by atoms with Gasteiger partial charge in [-0.3, -0.25) is 4.79 Å². The monoisotopic (exact) mass is 341 g/mol. The summed E-state index contributed by atoms with van der Waals surface area (Å²) in [4.78, 5) is 22.7. The van der Waals surface area contributed by atoms with Gasteiger partial charge in [0, 0.05) is 18.8 Å². The molecule has 0 unspecified atom stereocenters. The molecule has 0 radical (unpaired) electrons. The lowest BCUT2D eigenvalue weighted by Crippen LogP contribution is -2.30. The summed E-state index contributed by atoms with van der Waals surface area (Å²) in [6.45, 7) is 4.45. The molecule has 0 aliphatic carbocycles. The largest absolute Gasteiger partial charge is 0.494 e. The number of benzene rings is 1. The van der Waals surface area contributed by atoms with E-state index in [1.165, 1.54) is 6.42 Å². The first-order chi connectivity index (χ1) is 12.2. The van der Waals surface area contributed by atoms with Gasteiger partial charge < -0.3 is 20.7 Å². The van der Waals surface area contributed by atoms with Crippen molar-refractivity contribution in [3.8, 4) is 5.75 Å². The molecule has 1 aliphatic heterocycles. The predicted molar refractivity (Wildman–Crippen MR) is 97.5 cm³/mol. The molecule has 1 aliphatic rings. The number of hydrogen-bond donors (Lipinski definition) is 2. The van der Waals surface area contributed by atoms with Crippen molar-refractivity contribution < 1.29 is 9.53 Å². The quantitative estimate of drug-likeness (QED) is 0.839. The van der Waals surface area contributed by atoms with Gasteiger partial charge in [-0.15, -0.1) is 0 Å². The van der Waals surface area contributed by atoms with E-state index >= 15 is 0 Å². The van der Waals surface area contributed by atoms with Crippen molar-refractivity contribution >= 4 is 23.2 Å². The molecular weight excluding hydrogens is 318 g/mol. The Kier molecular flexibility index (Phi) is 5.33. The molecule has 2 aromatic rings. The minimum Gasteiger partial charge on any atom is -0.494 e. The second-order valence-electron chi connectivity index (χ2n) is 5.92. The zero-order valence-corrected chi connectivity index (χ0v) is 14.4. The molecule has 1 amide bonds. The topological polar surface area (TPSA) is 93.4 Å². The zero-order valence-electron chi connectivity index (χ0n) is 14.4. The lowest BCUT2D eigenvalue weighted by Gasteiger charge is -2.27. The Bertz CT molecular complexity index is 727. The van der Waals surface area contributed by atoms with Gasteiger partial charge in [-0.25, -0.2) is 9.97 Å². The second kappa shape index (κ2) is 7.83. The van der Waals surface area contributed by atoms with Gasteiger partial charge in [-0.2, -0.15) is 0 Å². The summed E-state index contributed by atoms with van der Waals surface area (Å²) < 4.78 is 5.43. The van der Waals surface area contributed by atoms with Crippen LogP contribution in [0.25, 0.3) is 0 Å². The van der Waals surface area contributed by atoms with Crippen LogP contribution in [0.3, 0.4) is 0 Å². The molecule has 1 saturated heterocycles. The third kappa shape index (κ3) is 4.17. The summed E-state index contributed by atoms with van der Waals surface area (Å²) in [7, 11) is 0. The van der Waals surface area contributed by atoms with Crippen LogP contribution in [0.1, 0.15) is 36.7 Å². The van der Waals surface area contributed by atoms with Gasteiger partial charge in [0.1, 0.15) is 11.6 Å². The SMILES string of the molecule is CCOc1ccc(Nc2nc(N3CCCCC3)cnc2C(N)=O)cc1. The Balaban J connectivity index is 1.85. The number of anilines is 3. The van der Waals surface area contributed by atoms with Gasteiger partial charge in [0.2, 0.25) is 0 Å². The zero-order chi connectivity index (χ0) is 17.6. The number of carbonyl (C=O) groups is 1. The average molecular weight is 341 g/mol. The molecule has 3 rings (SSSR count). The minimum atomic E-state index is -0.605. The number of primary amides is 1. The molecule has 7 nitrogen and oxygen atoms in total. The van der Waals surface area contributed by atoms with E-state index in [9.17, 15) is 4.79 Å². The Labute approximate surface area is 147 Å². The molecular formula is C18H23N5O2. The molecule has 1 aromatic heterocycles. The number of nitrogens with one attached hydrogen (secondary N) is 1. The number of amides is 1. The van der Waals surface area contributed by atoms with Crippen LogP contribution >= 0.6 is 0 Å². The van der Waals surface area contributed by atoms with Gasteiger partial charge in [0.25, 0.3) is 5.91 Å². The summed E-state index contributed by atoms with van der Waals surface area (Å²) in [6, 6.07) is 7.45. The van der Waals surface area contributed by atoms with E-state index in [4.69, 9.17) is 10.5 Å². The third-order valence-corrected chi connectivity index (χ3v) is 4.10. The number of aromatic nitrogens is 2. The first-order valence-corrected chi connectivity index (χ1v) is 8.59. The van der Waals surface area contributed by atoms with Crippen molar-refractivity contribution in [1.29, 1.82) is 0 Å². The number of carbonyl (C=O) groups excluding carboxylic acids is 1. The third-order valence-electron chi connectivity index (χ3n) is 4.10. The van der Waals surface area contributed by atoms with Gasteiger partial charge in [-0.05, 0) is 50.5 Å². The van der Waals surface area contributed by atoms with Crippen molar-refractivity contribution in [3.05, 3.63) is 36.2 Å². The van der Waals surface area contributed by atoms with Crippen LogP contribution in [0.4, 0.5) is 17.3 Å². The molecule has 132 valence electrons. The summed E-state index contributed by atoms with van der Waals surface area (Å²) in [5.41, 5.74) is 6.37. The normalized spacial score (nSPS) is 14.2. The molecule has 7 heteroatoms. The molecule has 25 heavy (non-hydrogen) atoms. The first kappa shape index (κ1) is 17.0. The van der Waals surface area contributed by atoms with Crippen LogP contribution in [-0.2, 0) is 0 Å². The molecule has 3 N–H and O–H groups in total. The van der Waals surface area contributed by atoms with Gasteiger partial charge >= 0.3 is 0 Å². The van der Waals surface area contributed by atoms with Crippen LogP contribution in [0, 0.1) is 0 Å². The maximum atomic E-state index is 11.7. The van der Waals surface area contributed by atoms with Crippen molar-refractivity contribution in [3.63, 3.8) is 0 Å². The number of hydrogen-bond acceptors (Lipinski definition) is 6. The van der Waals surface area contributed by atoms with E-state index < -0.39 is 5.91 Å². The van der Waals surface area contributed by atoms with Crippen LogP contribution < -0.4 is 20.7 Å². The highest BCUT2D eigenvalue weighted by molar-refractivity contribution is 5.96. The minimum absolute atomic E-state index is 0.134. The van der Waals surface area contributed by atoms with Gasteiger partial charge in [0.15, 0.2) is 11.5 Å².